The number of carboxylic acids is 1. The van der Waals surface area contributed by atoms with Crippen LogP contribution in [0.15, 0.2) is 18.2 Å². The zero-order valence-corrected chi connectivity index (χ0v) is 12.1. The molecular weight excluding hydrogens is 278 g/mol. The first kappa shape index (κ1) is 15.9. The van der Waals surface area contributed by atoms with E-state index in [2.05, 4.69) is 4.90 Å². The molecule has 1 aromatic rings. The molecule has 1 heterocycles. The predicted octanol–water partition coefficient (Wildman–Crippen LogP) is 2.12. The minimum atomic E-state index is -0.833. The maximum absolute atomic E-state index is 13.9. The van der Waals surface area contributed by atoms with Crippen LogP contribution >= 0.6 is 0 Å². The highest BCUT2D eigenvalue weighted by Crippen LogP contribution is 2.27. The largest absolute Gasteiger partial charge is 0.480 e. The summed E-state index contributed by atoms with van der Waals surface area (Å²) in [6, 6.07) is 3.60. The molecule has 116 valence electrons. The quantitative estimate of drug-likeness (QED) is 0.904. The maximum Gasteiger partial charge on any atom is 0.317 e. The molecule has 0 radical (unpaired) electrons. The van der Waals surface area contributed by atoms with Crippen LogP contribution in [-0.2, 0) is 4.79 Å². The SMILES string of the molecule is CC[C@@H](c1ccc(F)cc1F)N1CCN(CC(=O)O)CC1. The number of nitrogens with zero attached hydrogens (tertiary/aromatic N) is 2. The van der Waals surface area contributed by atoms with Crippen molar-refractivity contribution in [3.8, 4) is 0 Å². The van der Waals surface area contributed by atoms with E-state index >= 15 is 0 Å². The van der Waals surface area contributed by atoms with Gasteiger partial charge in [0.1, 0.15) is 11.6 Å². The van der Waals surface area contributed by atoms with E-state index in [0.717, 1.165) is 12.5 Å². The molecule has 0 saturated carbocycles. The molecule has 21 heavy (non-hydrogen) atoms. The molecule has 1 saturated heterocycles. The fraction of sp³-hybridized carbons (Fsp3) is 0.533. The van der Waals surface area contributed by atoms with Gasteiger partial charge in [-0.05, 0) is 12.5 Å². The van der Waals surface area contributed by atoms with E-state index in [-0.39, 0.29) is 12.6 Å². The van der Waals surface area contributed by atoms with Crippen molar-refractivity contribution in [3.05, 3.63) is 35.4 Å². The van der Waals surface area contributed by atoms with E-state index in [0.29, 0.717) is 31.7 Å². The highest BCUT2D eigenvalue weighted by molar-refractivity contribution is 5.69. The molecule has 6 heteroatoms. The van der Waals surface area contributed by atoms with Gasteiger partial charge in [0.05, 0.1) is 6.54 Å². The van der Waals surface area contributed by atoms with Crippen molar-refractivity contribution in [2.24, 2.45) is 0 Å². The molecule has 0 aromatic heterocycles. The van der Waals surface area contributed by atoms with Gasteiger partial charge in [-0.25, -0.2) is 8.78 Å². The van der Waals surface area contributed by atoms with Crippen molar-refractivity contribution in [1.29, 1.82) is 0 Å². The molecule has 0 aliphatic carbocycles. The highest BCUT2D eigenvalue weighted by Gasteiger charge is 2.26. The van der Waals surface area contributed by atoms with Gasteiger partial charge >= 0.3 is 5.97 Å². The third kappa shape index (κ3) is 3.98. The Labute approximate surface area is 123 Å². The van der Waals surface area contributed by atoms with Gasteiger partial charge in [-0.15, -0.1) is 0 Å². The third-order valence-electron chi connectivity index (χ3n) is 3.91. The summed E-state index contributed by atoms with van der Waals surface area (Å²) in [6.07, 6.45) is 0.724. The summed E-state index contributed by atoms with van der Waals surface area (Å²) >= 11 is 0. The van der Waals surface area contributed by atoms with Crippen LogP contribution in [0.2, 0.25) is 0 Å². The van der Waals surface area contributed by atoms with Crippen LogP contribution < -0.4 is 0 Å². The monoisotopic (exact) mass is 298 g/mol. The van der Waals surface area contributed by atoms with E-state index < -0.39 is 17.6 Å². The zero-order valence-electron chi connectivity index (χ0n) is 12.1. The number of carboxylic acid groups (broad SMARTS) is 1. The predicted molar refractivity (Wildman–Crippen MR) is 75.0 cm³/mol. The van der Waals surface area contributed by atoms with Crippen molar-refractivity contribution < 1.29 is 18.7 Å². The molecule has 4 nitrogen and oxygen atoms in total. The summed E-state index contributed by atoms with van der Waals surface area (Å²) in [5.41, 5.74) is 0.505. The van der Waals surface area contributed by atoms with Gasteiger partial charge in [0.2, 0.25) is 0 Å². The van der Waals surface area contributed by atoms with Gasteiger partial charge in [0.15, 0.2) is 0 Å². The average Bonchev–Trinajstić information content (AvgIpc) is 2.43. The van der Waals surface area contributed by atoms with E-state index in [1.165, 1.54) is 12.1 Å². The Balaban J connectivity index is 2.04. The Hall–Kier alpha value is -1.53. The Morgan fingerprint density at radius 1 is 1.29 bits per heavy atom. The van der Waals surface area contributed by atoms with Crippen LogP contribution in [-0.4, -0.2) is 53.6 Å². The second-order valence-electron chi connectivity index (χ2n) is 5.30. The number of aliphatic carboxylic acids is 1. The van der Waals surface area contributed by atoms with Crippen LogP contribution in [0.3, 0.4) is 0 Å². The van der Waals surface area contributed by atoms with Crippen molar-refractivity contribution in [2.45, 2.75) is 19.4 Å². The second-order valence-corrected chi connectivity index (χ2v) is 5.30. The standard InChI is InChI=1S/C15H20F2N2O2/c1-2-14(12-4-3-11(16)9-13(12)17)19-7-5-18(6-8-19)10-15(20)21/h3-4,9,14H,2,5-8,10H2,1H3,(H,20,21)/t14-/m0/s1. The van der Waals surface area contributed by atoms with E-state index in [9.17, 15) is 13.6 Å². The Morgan fingerprint density at radius 3 is 2.48 bits per heavy atom. The van der Waals surface area contributed by atoms with E-state index in [4.69, 9.17) is 5.11 Å². The molecular formula is C15H20F2N2O2. The molecule has 1 N–H and O–H groups in total. The van der Waals surface area contributed by atoms with Crippen molar-refractivity contribution >= 4 is 5.97 Å². The lowest BCUT2D eigenvalue weighted by Crippen LogP contribution is -2.49. The first-order valence-corrected chi connectivity index (χ1v) is 7.14. The van der Waals surface area contributed by atoms with Gasteiger partial charge in [0.25, 0.3) is 0 Å². The van der Waals surface area contributed by atoms with Crippen LogP contribution in [0.1, 0.15) is 24.9 Å². The lowest BCUT2D eigenvalue weighted by Gasteiger charge is -2.38. The Morgan fingerprint density at radius 2 is 1.95 bits per heavy atom. The molecule has 1 aliphatic heterocycles. The van der Waals surface area contributed by atoms with Gasteiger partial charge in [-0.1, -0.05) is 13.0 Å². The van der Waals surface area contributed by atoms with E-state index in [1.807, 2.05) is 11.8 Å². The van der Waals surface area contributed by atoms with E-state index in [1.54, 1.807) is 0 Å². The summed E-state index contributed by atoms with van der Waals surface area (Å²) in [4.78, 5) is 14.7. The number of rotatable bonds is 5. The lowest BCUT2D eigenvalue weighted by molar-refractivity contribution is -0.138. The molecule has 1 aromatic carbocycles. The minimum absolute atomic E-state index is 0.0372. The molecule has 1 fully saturated rings. The number of carbonyl (C=O) groups is 1. The minimum Gasteiger partial charge on any atom is -0.480 e. The molecule has 0 bridgehead atoms. The third-order valence-corrected chi connectivity index (χ3v) is 3.91. The summed E-state index contributed by atoms with van der Waals surface area (Å²) in [6.45, 7) is 4.66. The first-order chi connectivity index (χ1) is 10.0. The number of halogens is 2. The molecule has 1 aliphatic rings. The van der Waals surface area contributed by atoms with Crippen LogP contribution in [0, 0.1) is 11.6 Å². The van der Waals surface area contributed by atoms with Crippen LogP contribution in [0.25, 0.3) is 0 Å². The van der Waals surface area contributed by atoms with Gasteiger partial charge in [-0.2, -0.15) is 0 Å². The number of hydrogen-bond donors (Lipinski definition) is 1. The van der Waals surface area contributed by atoms with Gasteiger partial charge < -0.3 is 5.11 Å². The first-order valence-electron chi connectivity index (χ1n) is 7.14. The maximum atomic E-state index is 13.9. The fourth-order valence-electron chi connectivity index (χ4n) is 2.87. The van der Waals surface area contributed by atoms with Crippen LogP contribution in [0.5, 0.6) is 0 Å². The topological polar surface area (TPSA) is 43.8 Å². The second kappa shape index (κ2) is 6.95. The summed E-state index contributed by atoms with van der Waals surface area (Å²) < 4.78 is 27.0. The number of hydrogen-bond acceptors (Lipinski definition) is 3. The highest BCUT2D eigenvalue weighted by atomic mass is 19.1. The average molecular weight is 298 g/mol. The summed E-state index contributed by atoms with van der Waals surface area (Å²) in [7, 11) is 0. The molecule has 0 amide bonds. The molecule has 0 spiro atoms. The molecule has 0 unspecified atom stereocenters. The van der Waals surface area contributed by atoms with Crippen molar-refractivity contribution in [3.63, 3.8) is 0 Å². The summed E-state index contributed by atoms with van der Waals surface area (Å²) in [5.74, 6) is -1.92. The normalized spacial score (nSPS) is 18.6. The zero-order chi connectivity index (χ0) is 15.4. The molecule has 1 atom stereocenters. The van der Waals surface area contributed by atoms with Crippen molar-refractivity contribution in [2.75, 3.05) is 32.7 Å². The molecule has 2 rings (SSSR count). The summed E-state index contributed by atoms with van der Waals surface area (Å²) in [5, 5.41) is 8.79. The van der Waals surface area contributed by atoms with Crippen LogP contribution in [0.4, 0.5) is 8.78 Å². The number of piperazine rings is 1. The van der Waals surface area contributed by atoms with Gasteiger partial charge in [0, 0.05) is 43.9 Å². The smallest absolute Gasteiger partial charge is 0.317 e. The van der Waals surface area contributed by atoms with Crippen molar-refractivity contribution in [1.82, 2.24) is 9.80 Å². The van der Waals surface area contributed by atoms with Gasteiger partial charge in [-0.3, -0.25) is 14.6 Å². The Kier molecular flexibility index (Phi) is 5.25. The lowest BCUT2D eigenvalue weighted by atomic mass is 10.0. The fourth-order valence-corrected chi connectivity index (χ4v) is 2.87. The Bertz CT molecular complexity index is 502. The number of benzene rings is 1.